The first-order valence-electron chi connectivity index (χ1n) is 15.9. The van der Waals surface area contributed by atoms with E-state index in [1.165, 1.54) is 23.0 Å². The molecule has 14 nitrogen and oxygen atoms in total. The summed E-state index contributed by atoms with van der Waals surface area (Å²) in [5.41, 5.74) is 4.25. The molecule has 3 N–H and O–H groups in total. The zero-order chi connectivity index (χ0) is 39.4. The Labute approximate surface area is 308 Å². The third kappa shape index (κ3) is 10.1. The average molecular weight is 802 g/mol. The van der Waals surface area contributed by atoms with Gasteiger partial charge in [-0.2, -0.15) is 35.6 Å². The SMILES string of the molecule is Cn1cnc(S(=O)(=O)N2CCC(CC(=O)Nc3ccc4cc3CCc3cncc(c3)Nc3ncc(Cl)c(n3)N4)CC2)c1.O=C(C(=O)C(F)(F)F)C(F)(F)F. The van der Waals surface area contributed by atoms with Gasteiger partial charge in [-0.1, -0.05) is 11.6 Å². The van der Waals surface area contributed by atoms with Crippen molar-refractivity contribution in [2.24, 2.45) is 13.0 Å². The molecule has 0 spiro atoms. The zero-order valence-corrected chi connectivity index (χ0v) is 29.6. The Morgan fingerprint density at radius 1 is 0.926 bits per heavy atom. The third-order valence-electron chi connectivity index (χ3n) is 8.17. The molecular formula is C32H30ClF6N9O5S. The molecular weight excluding hydrogens is 772 g/mol. The number of nitrogens with zero attached hydrogens (tertiary/aromatic N) is 6. The van der Waals surface area contributed by atoms with Crippen molar-refractivity contribution in [3.63, 3.8) is 0 Å². The molecule has 2 aliphatic rings. The summed E-state index contributed by atoms with van der Waals surface area (Å²) in [6.07, 6.45) is -0.611. The number of Topliss-reactive ketones (excluding diaryl/α,β-unsaturated/α-hetero) is 2. The van der Waals surface area contributed by atoms with E-state index in [1.54, 1.807) is 17.8 Å². The molecule has 288 valence electrons. The van der Waals surface area contributed by atoms with Crippen LogP contribution in [0.3, 0.4) is 0 Å². The first-order chi connectivity index (χ1) is 25.3. The molecule has 3 aromatic heterocycles. The van der Waals surface area contributed by atoms with E-state index < -0.39 is 33.9 Å². The van der Waals surface area contributed by atoms with E-state index in [4.69, 9.17) is 11.6 Å². The first-order valence-corrected chi connectivity index (χ1v) is 17.8. The van der Waals surface area contributed by atoms with Crippen LogP contribution in [0.15, 0.2) is 60.4 Å². The maximum absolute atomic E-state index is 13.2. The van der Waals surface area contributed by atoms with Gasteiger partial charge in [0.05, 0.1) is 24.4 Å². The summed E-state index contributed by atoms with van der Waals surface area (Å²) in [7, 11) is -1.90. The molecule has 0 atom stereocenters. The van der Waals surface area contributed by atoms with Gasteiger partial charge in [0.2, 0.25) is 11.9 Å². The van der Waals surface area contributed by atoms with E-state index in [0.717, 1.165) is 28.2 Å². The number of rotatable bonds is 6. The molecule has 2 aliphatic heterocycles. The van der Waals surface area contributed by atoms with E-state index in [9.17, 15) is 49.1 Å². The number of halogens is 7. The minimum Gasteiger partial charge on any atom is -0.339 e. The number of piperidine rings is 1. The summed E-state index contributed by atoms with van der Waals surface area (Å²) in [6.45, 7) is 0.718. The van der Waals surface area contributed by atoms with E-state index in [0.29, 0.717) is 62.0 Å². The van der Waals surface area contributed by atoms with E-state index in [-0.39, 0.29) is 16.9 Å². The predicted octanol–water partition coefficient (Wildman–Crippen LogP) is 5.52. The molecule has 0 radical (unpaired) electrons. The summed E-state index contributed by atoms with van der Waals surface area (Å²) >= 11 is 6.37. The monoisotopic (exact) mass is 801 g/mol. The van der Waals surface area contributed by atoms with Crippen molar-refractivity contribution in [1.82, 2.24) is 28.8 Å². The lowest BCUT2D eigenvalue weighted by Gasteiger charge is -2.30. The highest BCUT2D eigenvalue weighted by molar-refractivity contribution is 7.89. The Bertz CT molecular complexity index is 2130. The Morgan fingerprint density at radius 3 is 2.24 bits per heavy atom. The van der Waals surface area contributed by atoms with Crippen LogP contribution in [0.25, 0.3) is 0 Å². The van der Waals surface area contributed by atoms with Gasteiger partial charge in [-0.05, 0) is 67.0 Å². The highest BCUT2D eigenvalue weighted by Gasteiger charge is 2.54. The van der Waals surface area contributed by atoms with Crippen molar-refractivity contribution in [3.05, 3.63) is 71.5 Å². The van der Waals surface area contributed by atoms with Crippen LogP contribution in [0, 0.1) is 5.92 Å². The molecule has 1 aromatic carbocycles. The number of anilines is 5. The molecule has 22 heteroatoms. The van der Waals surface area contributed by atoms with Crippen LogP contribution in [0.1, 0.15) is 30.4 Å². The summed E-state index contributed by atoms with van der Waals surface area (Å²) in [6, 6.07) is 7.73. The molecule has 6 bridgehead atoms. The minimum atomic E-state index is -5.77. The number of aryl methyl sites for hydroxylation is 3. The van der Waals surface area contributed by atoms with Gasteiger partial charge in [-0.3, -0.25) is 19.4 Å². The highest BCUT2D eigenvalue weighted by atomic mass is 35.5. The number of alkyl halides is 6. The number of amides is 1. The first kappa shape index (κ1) is 40.0. The zero-order valence-electron chi connectivity index (χ0n) is 28.0. The topological polar surface area (TPSA) is 181 Å². The molecule has 4 aromatic rings. The molecule has 1 amide bonds. The van der Waals surface area contributed by atoms with E-state index >= 15 is 0 Å². The average Bonchev–Trinajstić information content (AvgIpc) is 3.56. The number of hydrogen-bond acceptors (Lipinski definition) is 11. The Hall–Kier alpha value is -5.15. The maximum Gasteiger partial charge on any atom is 0.458 e. The molecule has 0 unspecified atom stereocenters. The van der Waals surface area contributed by atoms with E-state index in [2.05, 4.69) is 35.9 Å². The van der Waals surface area contributed by atoms with E-state index in [1.807, 2.05) is 30.5 Å². The Morgan fingerprint density at radius 2 is 1.61 bits per heavy atom. The second-order valence-electron chi connectivity index (χ2n) is 12.2. The number of nitrogens with one attached hydrogen (secondary N) is 3. The molecule has 6 rings (SSSR count). The number of fused-ring (bicyclic) bond motifs is 6. The van der Waals surface area contributed by atoms with Crippen molar-refractivity contribution in [3.8, 4) is 0 Å². The number of carbonyl (C=O) groups excluding carboxylic acids is 3. The fourth-order valence-corrected chi connectivity index (χ4v) is 7.06. The summed E-state index contributed by atoms with van der Waals surface area (Å²) in [5, 5.41) is 9.96. The van der Waals surface area contributed by atoms with Gasteiger partial charge >= 0.3 is 23.9 Å². The molecule has 0 aliphatic carbocycles. The second-order valence-corrected chi connectivity index (χ2v) is 14.5. The fraction of sp³-hybridized carbons (Fsp3) is 0.344. The lowest BCUT2D eigenvalue weighted by Crippen LogP contribution is -2.39. The van der Waals surface area contributed by atoms with Gasteiger partial charge in [0.1, 0.15) is 5.02 Å². The van der Waals surface area contributed by atoms with Gasteiger partial charge in [0.25, 0.3) is 10.0 Å². The molecule has 1 fully saturated rings. The van der Waals surface area contributed by atoms with Crippen LogP contribution in [-0.4, -0.2) is 80.1 Å². The number of imidazole rings is 1. The standard InChI is InChI=1S/C28H30ClN9O3S.C4F6O2/c1-37-16-26(32-17-37)42(40,41)38-8-6-18(7-9-38)11-25(39)35-24-5-4-21-12-20(24)3-2-19-10-22(14-30-13-19)34-28-31-15-23(29)27(33-21)36-28;5-3(6,7)1(11)2(12)4(8,9)10/h4-5,10,12-18H,2-3,6-9,11H2,1H3,(H,35,39)(H2,31,33,34,36);. The van der Waals surface area contributed by atoms with Crippen molar-refractivity contribution in [2.75, 3.05) is 29.0 Å². The Kier molecular flexibility index (Phi) is 11.9. The van der Waals surface area contributed by atoms with Crippen LogP contribution in [-0.2, 0) is 44.3 Å². The van der Waals surface area contributed by atoms with Gasteiger partial charge in [0.15, 0.2) is 10.8 Å². The van der Waals surface area contributed by atoms with Gasteiger partial charge in [0, 0.05) is 50.3 Å². The Balaban J connectivity index is 0.000000404. The summed E-state index contributed by atoms with van der Waals surface area (Å²) in [4.78, 5) is 49.5. The molecule has 5 heterocycles. The summed E-state index contributed by atoms with van der Waals surface area (Å²) < 4.78 is 95.8. The number of carbonyl (C=O) groups is 3. The molecule has 0 saturated carbocycles. The number of benzene rings is 1. The van der Waals surface area contributed by atoms with Crippen molar-refractivity contribution in [2.45, 2.75) is 49.5 Å². The number of ketones is 2. The number of sulfonamides is 1. The normalized spacial score (nSPS) is 15.2. The van der Waals surface area contributed by atoms with Gasteiger partial charge < -0.3 is 20.5 Å². The number of hydrogen-bond donors (Lipinski definition) is 3. The third-order valence-corrected chi connectivity index (χ3v) is 10.2. The smallest absolute Gasteiger partial charge is 0.339 e. The van der Waals surface area contributed by atoms with Crippen LogP contribution >= 0.6 is 11.6 Å². The van der Waals surface area contributed by atoms with Crippen molar-refractivity contribution < 1.29 is 49.1 Å². The second kappa shape index (κ2) is 16.1. The van der Waals surface area contributed by atoms with Crippen LogP contribution in [0.5, 0.6) is 0 Å². The number of pyridine rings is 1. The lowest BCUT2D eigenvalue weighted by molar-refractivity contribution is -0.193. The van der Waals surface area contributed by atoms with Gasteiger partial charge in [-0.25, -0.2) is 18.4 Å². The molecule has 1 saturated heterocycles. The number of aromatic nitrogens is 5. The highest BCUT2D eigenvalue weighted by Crippen LogP contribution is 2.31. The minimum absolute atomic E-state index is 0.0504. The van der Waals surface area contributed by atoms with Crippen molar-refractivity contribution in [1.29, 1.82) is 0 Å². The van der Waals surface area contributed by atoms with Crippen LogP contribution in [0.4, 0.5) is 55.2 Å². The van der Waals surface area contributed by atoms with Crippen LogP contribution in [0.2, 0.25) is 5.02 Å². The maximum atomic E-state index is 13.2. The summed E-state index contributed by atoms with van der Waals surface area (Å²) in [5.74, 6) is -5.98. The fourth-order valence-electron chi connectivity index (χ4n) is 5.48. The quantitative estimate of drug-likeness (QED) is 0.165. The molecule has 54 heavy (non-hydrogen) atoms. The largest absolute Gasteiger partial charge is 0.458 e. The van der Waals surface area contributed by atoms with Crippen molar-refractivity contribution >= 4 is 67.9 Å². The lowest BCUT2D eigenvalue weighted by atomic mass is 9.94. The predicted molar refractivity (Wildman–Crippen MR) is 182 cm³/mol. The van der Waals surface area contributed by atoms with Gasteiger partial charge in [-0.15, -0.1) is 0 Å². The van der Waals surface area contributed by atoms with Crippen LogP contribution < -0.4 is 16.0 Å².